The summed E-state index contributed by atoms with van der Waals surface area (Å²) in [4.78, 5) is 39.1. The fraction of sp³-hybridized carbons (Fsp3) is 0.387. The van der Waals surface area contributed by atoms with E-state index < -0.39 is 18.2 Å². The minimum Gasteiger partial charge on any atom is -0.475 e. The fourth-order valence-electron chi connectivity index (χ4n) is 5.12. The topological polar surface area (TPSA) is 116 Å². The van der Waals surface area contributed by atoms with E-state index in [4.69, 9.17) is 15.6 Å². The molecule has 3 aromatic rings. The van der Waals surface area contributed by atoms with Crippen LogP contribution in [-0.2, 0) is 27.2 Å². The van der Waals surface area contributed by atoms with Crippen LogP contribution in [0.25, 0.3) is 10.8 Å². The molecule has 1 fully saturated rings. The number of hydrogen-bond acceptors (Lipinski definition) is 5. The maximum atomic E-state index is 13.2. The van der Waals surface area contributed by atoms with Gasteiger partial charge in [0.15, 0.2) is 0 Å². The van der Waals surface area contributed by atoms with Gasteiger partial charge in [0.2, 0.25) is 11.8 Å². The van der Waals surface area contributed by atoms with Crippen molar-refractivity contribution >= 4 is 28.6 Å². The molecule has 2 amide bonds. The molecule has 0 bridgehead atoms. The quantitative estimate of drug-likeness (QED) is 0.338. The van der Waals surface area contributed by atoms with E-state index in [1.807, 2.05) is 17.0 Å². The average molecular weight is 605 g/mol. The van der Waals surface area contributed by atoms with E-state index in [1.54, 1.807) is 19.2 Å². The zero-order valence-electron chi connectivity index (χ0n) is 24.0. The third kappa shape index (κ3) is 9.23. The fourth-order valence-corrected chi connectivity index (χ4v) is 5.12. The van der Waals surface area contributed by atoms with Gasteiger partial charge in [-0.1, -0.05) is 61.5 Å². The summed E-state index contributed by atoms with van der Waals surface area (Å²) < 4.78 is 45.0. The van der Waals surface area contributed by atoms with Crippen LogP contribution in [0.1, 0.15) is 24.5 Å². The van der Waals surface area contributed by atoms with Gasteiger partial charge in [-0.2, -0.15) is 13.2 Å². The normalized spacial score (nSPS) is 17.0. The first kappa shape index (κ1) is 33.5. The Hall–Kier alpha value is -4.03. The van der Waals surface area contributed by atoms with Crippen LogP contribution < -0.4 is 11.1 Å². The Labute approximate surface area is 247 Å². The third-order valence-corrected chi connectivity index (χ3v) is 7.43. The van der Waals surface area contributed by atoms with E-state index in [9.17, 15) is 27.2 Å². The van der Waals surface area contributed by atoms with E-state index in [0.717, 1.165) is 22.9 Å². The summed E-state index contributed by atoms with van der Waals surface area (Å²) in [6.07, 6.45) is -3.36. The standard InChI is InChI=1S/C29H35FN4O2.C2HF3O2/c1-3-25-19-33(14-15-34(25)29(36)26(31)17-20-9-12-24(30)13-10-20)27(28(35)32-2)18-21-8-11-22-6-4-5-7-23(22)16-21;3-2(4,5)1(6)7/h4-13,16,25-27H,3,14-15,17-19,31H2,1-2H3,(H,32,35);(H,6,7). The number of nitrogens with two attached hydrogens (primary N) is 1. The molecule has 4 rings (SSSR count). The SMILES string of the molecule is CCC1CN(C(Cc2ccc3ccccc3c2)C(=O)NC)CCN1C(=O)C(N)Cc1ccc(F)cc1.O=C(O)C(F)(F)F. The number of amides is 2. The van der Waals surface area contributed by atoms with Crippen molar-refractivity contribution in [1.82, 2.24) is 15.1 Å². The molecule has 43 heavy (non-hydrogen) atoms. The Morgan fingerprint density at radius 2 is 1.58 bits per heavy atom. The molecule has 4 N–H and O–H groups in total. The van der Waals surface area contributed by atoms with Gasteiger partial charge in [-0.3, -0.25) is 14.5 Å². The molecule has 232 valence electrons. The lowest BCUT2D eigenvalue weighted by Gasteiger charge is -2.44. The number of hydrogen-bond donors (Lipinski definition) is 3. The summed E-state index contributed by atoms with van der Waals surface area (Å²) in [5.41, 5.74) is 8.22. The van der Waals surface area contributed by atoms with Crippen LogP contribution in [-0.4, -0.2) is 83.7 Å². The second kappa shape index (κ2) is 14.9. The Bertz CT molecular complexity index is 1400. The number of rotatable bonds is 8. The highest BCUT2D eigenvalue weighted by Gasteiger charge is 2.38. The van der Waals surface area contributed by atoms with Gasteiger partial charge in [-0.15, -0.1) is 0 Å². The number of carboxylic acids is 1. The van der Waals surface area contributed by atoms with Gasteiger partial charge in [0.1, 0.15) is 5.82 Å². The number of likely N-dealkylation sites (N-methyl/N-ethyl adjacent to an activating group) is 1. The van der Waals surface area contributed by atoms with Crippen LogP contribution >= 0.6 is 0 Å². The van der Waals surface area contributed by atoms with Crippen LogP contribution in [0.5, 0.6) is 0 Å². The molecule has 3 unspecified atom stereocenters. The summed E-state index contributed by atoms with van der Waals surface area (Å²) in [5, 5.41) is 12.3. The highest BCUT2D eigenvalue weighted by Crippen LogP contribution is 2.22. The van der Waals surface area contributed by atoms with E-state index in [1.165, 1.54) is 17.5 Å². The second-order valence-corrected chi connectivity index (χ2v) is 10.3. The lowest BCUT2D eigenvalue weighted by Crippen LogP contribution is -2.62. The first-order valence-electron chi connectivity index (χ1n) is 13.9. The zero-order chi connectivity index (χ0) is 31.7. The van der Waals surface area contributed by atoms with Crippen molar-refractivity contribution in [3.05, 3.63) is 83.7 Å². The van der Waals surface area contributed by atoms with Gasteiger partial charge >= 0.3 is 12.1 Å². The molecular formula is C31H36F4N4O4. The maximum Gasteiger partial charge on any atom is 0.490 e. The smallest absolute Gasteiger partial charge is 0.475 e. The van der Waals surface area contributed by atoms with Gasteiger partial charge in [-0.25, -0.2) is 9.18 Å². The Morgan fingerprint density at radius 1 is 0.977 bits per heavy atom. The van der Waals surface area contributed by atoms with Gasteiger partial charge in [0.05, 0.1) is 12.1 Å². The van der Waals surface area contributed by atoms with Gasteiger partial charge < -0.3 is 21.1 Å². The molecule has 0 saturated carbocycles. The Balaban J connectivity index is 0.000000646. The zero-order valence-corrected chi connectivity index (χ0v) is 24.0. The Morgan fingerprint density at radius 3 is 2.16 bits per heavy atom. The molecule has 1 saturated heterocycles. The van der Waals surface area contributed by atoms with Gasteiger partial charge in [0.25, 0.3) is 0 Å². The van der Waals surface area contributed by atoms with Gasteiger partial charge in [0, 0.05) is 32.7 Å². The number of fused-ring (bicyclic) bond motifs is 1. The number of carbonyl (C=O) groups is 3. The predicted octanol–water partition coefficient (Wildman–Crippen LogP) is 3.76. The summed E-state index contributed by atoms with van der Waals surface area (Å²) in [5.74, 6) is -3.19. The number of nitrogens with zero attached hydrogens (tertiary/aromatic N) is 2. The van der Waals surface area contributed by atoms with Crippen molar-refractivity contribution in [3.63, 3.8) is 0 Å². The number of halogens is 4. The van der Waals surface area contributed by atoms with E-state index in [-0.39, 0.29) is 29.7 Å². The van der Waals surface area contributed by atoms with Gasteiger partial charge in [-0.05, 0) is 53.3 Å². The predicted molar refractivity (Wildman–Crippen MR) is 155 cm³/mol. The monoisotopic (exact) mass is 604 g/mol. The molecular weight excluding hydrogens is 568 g/mol. The van der Waals surface area contributed by atoms with Crippen LogP contribution in [0.3, 0.4) is 0 Å². The second-order valence-electron chi connectivity index (χ2n) is 10.3. The first-order chi connectivity index (χ1) is 20.3. The molecule has 1 aliphatic rings. The number of benzene rings is 3. The van der Waals surface area contributed by atoms with Crippen LogP contribution in [0.4, 0.5) is 17.6 Å². The minimum atomic E-state index is -5.08. The average Bonchev–Trinajstić information content (AvgIpc) is 2.99. The van der Waals surface area contributed by atoms with Crippen molar-refractivity contribution in [2.45, 2.75) is 50.5 Å². The molecule has 3 atom stereocenters. The van der Waals surface area contributed by atoms with Crippen LogP contribution in [0, 0.1) is 5.82 Å². The molecule has 0 aromatic heterocycles. The van der Waals surface area contributed by atoms with Crippen molar-refractivity contribution in [3.8, 4) is 0 Å². The molecule has 1 heterocycles. The van der Waals surface area contributed by atoms with Crippen molar-refractivity contribution in [2.75, 3.05) is 26.7 Å². The molecule has 0 radical (unpaired) electrons. The molecule has 12 heteroatoms. The number of carbonyl (C=O) groups excluding carboxylic acids is 2. The molecule has 1 aliphatic heterocycles. The first-order valence-corrected chi connectivity index (χ1v) is 13.9. The van der Waals surface area contributed by atoms with E-state index >= 15 is 0 Å². The Kier molecular flexibility index (Phi) is 11.6. The van der Waals surface area contributed by atoms with Crippen molar-refractivity contribution in [1.29, 1.82) is 0 Å². The van der Waals surface area contributed by atoms with E-state index in [0.29, 0.717) is 32.5 Å². The van der Waals surface area contributed by atoms with Crippen LogP contribution in [0.2, 0.25) is 0 Å². The third-order valence-electron chi connectivity index (χ3n) is 7.43. The summed E-state index contributed by atoms with van der Waals surface area (Å²) >= 11 is 0. The largest absolute Gasteiger partial charge is 0.490 e. The number of alkyl halides is 3. The molecule has 3 aromatic carbocycles. The van der Waals surface area contributed by atoms with Crippen molar-refractivity contribution in [2.24, 2.45) is 5.73 Å². The molecule has 8 nitrogen and oxygen atoms in total. The molecule has 0 spiro atoms. The van der Waals surface area contributed by atoms with Crippen LogP contribution in [0.15, 0.2) is 66.7 Å². The number of piperazine rings is 1. The number of carboxylic acid groups (broad SMARTS) is 1. The summed E-state index contributed by atoms with van der Waals surface area (Å²) in [6.45, 7) is 3.77. The lowest BCUT2D eigenvalue weighted by atomic mass is 9.98. The summed E-state index contributed by atoms with van der Waals surface area (Å²) in [7, 11) is 1.67. The maximum absolute atomic E-state index is 13.2. The lowest BCUT2D eigenvalue weighted by molar-refractivity contribution is -0.192. The molecule has 0 aliphatic carbocycles. The highest BCUT2D eigenvalue weighted by molar-refractivity contribution is 5.85. The minimum absolute atomic E-state index is 0.0224. The number of nitrogens with one attached hydrogen (secondary N) is 1. The van der Waals surface area contributed by atoms with E-state index in [2.05, 4.69) is 47.5 Å². The highest BCUT2D eigenvalue weighted by atomic mass is 19.4. The number of aliphatic carboxylic acids is 1. The van der Waals surface area contributed by atoms with Crippen molar-refractivity contribution < 1.29 is 37.1 Å². The summed E-state index contributed by atoms with van der Waals surface area (Å²) in [6, 6.07) is 19.6.